The Hall–Kier alpha value is -0.760. The maximum Gasteiger partial charge on any atom is 0.147 e. The van der Waals surface area contributed by atoms with Crippen molar-refractivity contribution in [1.82, 2.24) is 0 Å². The molecule has 0 bridgehead atoms. The predicted octanol–water partition coefficient (Wildman–Crippen LogP) is 4.86. The van der Waals surface area contributed by atoms with E-state index < -0.39 is 0 Å². The van der Waals surface area contributed by atoms with Crippen LogP contribution in [-0.4, -0.2) is 6.04 Å². The van der Waals surface area contributed by atoms with Gasteiger partial charge in [-0.05, 0) is 36.8 Å². The Kier molecular flexibility index (Phi) is 3.62. The maximum atomic E-state index is 13.7. The van der Waals surface area contributed by atoms with Gasteiger partial charge >= 0.3 is 0 Å². The van der Waals surface area contributed by atoms with Gasteiger partial charge in [0.05, 0.1) is 10.7 Å². The zero-order chi connectivity index (χ0) is 12.5. The van der Waals surface area contributed by atoms with Crippen molar-refractivity contribution in [2.45, 2.75) is 45.6 Å². The van der Waals surface area contributed by atoms with Crippen LogP contribution < -0.4 is 5.32 Å². The second-order valence-corrected chi connectivity index (χ2v) is 6.11. The Morgan fingerprint density at radius 3 is 2.82 bits per heavy atom. The maximum absolute atomic E-state index is 13.7. The van der Waals surface area contributed by atoms with E-state index in [9.17, 15) is 4.39 Å². The third-order valence-corrected chi connectivity index (χ3v) is 3.83. The highest BCUT2D eigenvalue weighted by molar-refractivity contribution is 6.33. The molecule has 0 amide bonds. The molecule has 1 saturated carbocycles. The highest BCUT2D eigenvalue weighted by Gasteiger charge is 2.28. The number of para-hydroxylation sites is 1. The second kappa shape index (κ2) is 4.85. The van der Waals surface area contributed by atoms with Crippen LogP contribution in [0.3, 0.4) is 0 Å². The normalized spacial score (nSPS) is 23.4. The average Bonchev–Trinajstić information content (AvgIpc) is 2.22. The van der Waals surface area contributed by atoms with Crippen molar-refractivity contribution in [3.63, 3.8) is 0 Å². The van der Waals surface area contributed by atoms with Gasteiger partial charge in [0.2, 0.25) is 0 Å². The van der Waals surface area contributed by atoms with Crippen LogP contribution in [0.4, 0.5) is 10.1 Å². The smallest absolute Gasteiger partial charge is 0.147 e. The van der Waals surface area contributed by atoms with Gasteiger partial charge in [0.25, 0.3) is 0 Å². The van der Waals surface area contributed by atoms with E-state index in [1.165, 1.54) is 18.9 Å². The lowest BCUT2D eigenvalue weighted by Gasteiger charge is -2.36. The average molecular weight is 256 g/mol. The van der Waals surface area contributed by atoms with Gasteiger partial charge in [0.15, 0.2) is 0 Å². The van der Waals surface area contributed by atoms with Crippen LogP contribution in [0.2, 0.25) is 5.02 Å². The first-order chi connectivity index (χ1) is 7.98. The third-order valence-electron chi connectivity index (χ3n) is 3.52. The molecule has 1 fully saturated rings. The van der Waals surface area contributed by atoms with Crippen LogP contribution in [0.1, 0.15) is 39.5 Å². The molecule has 1 aromatic carbocycles. The first-order valence-electron chi connectivity index (χ1n) is 6.18. The van der Waals surface area contributed by atoms with Crippen molar-refractivity contribution < 1.29 is 4.39 Å². The van der Waals surface area contributed by atoms with E-state index in [0.717, 1.165) is 12.8 Å². The quantitative estimate of drug-likeness (QED) is 0.796. The first kappa shape index (κ1) is 12.7. The number of anilines is 1. The molecular weight excluding hydrogens is 237 g/mol. The van der Waals surface area contributed by atoms with E-state index >= 15 is 0 Å². The minimum absolute atomic E-state index is 0.263. The molecule has 17 heavy (non-hydrogen) atoms. The zero-order valence-electron chi connectivity index (χ0n) is 10.4. The summed E-state index contributed by atoms with van der Waals surface area (Å²) in [5.74, 6) is -0.263. The molecule has 1 aromatic rings. The summed E-state index contributed by atoms with van der Waals surface area (Å²) in [4.78, 5) is 0. The standard InChI is InChI=1S/C14H19ClFN/c1-14(2)8-4-5-10(9-14)17-13-11(15)6-3-7-12(13)16/h3,6-7,10,17H,4-5,8-9H2,1-2H3. The molecule has 2 rings (SSSR count). The van der Waals surface area contributed by atoms with Crippen LogP contribution in [-0.2, 0) is 0 Å². The fourth-order valence-electron chi connectivity index (χ4n) is 2.66. The topological polar surface area (TPSA) is 12.0 Å². The van der Waals surface area contributed by atoms with E-state index in [-0.39, 0.29) is 5.82 Å². The molecule has 3 heteroatoms. The summed E-state index contributed by atoms with van der Waals surface area (Å²) in [5.41, 5.74) is 0.796. The molecule has 1 nitrogen and oxygen atoms in total. The van der Waals surface area contributed by atoms with Crippen LogP contribution in [0.5, 0.6) is 0 Å². The summed E-state index contributed by atoms with van der Waals surface area (Å²) in [7, 11) is 0. The Morgan fingerprint density at radius 2 is 2.18 bits per heavy atom. The zero-order valence-corrected chi connectivity index (χ0v) is 11.1. The van der Waals surface area contributed by atoms with Gasteiger partial charge in [-0.25, -0.2) is 4.39 Å². The molecule has 1 N–H and O–H groups in total. The second-order valence-electron chi connectivity index (χ2n) is 5.70. The molecule has 0 heterocycles. The number of hydrogen-bond donors (Lipinski definition) is 1. The van der Waals surface area contributed by atoms with Gasteiger partial charge in [-0.3, -0.25) is 0 Å². The molecule has 0 saturated heterocycles. The summed E-state index contributed by atoms with van der Waals surface area (Å²) in [6.45, 7) is 4.54. The number of halogens is 2. The Balaban J connectivity index is 2.10. The summed E-state index contributed by atoms with van der Waals surface area (Å²) >= 11 is 6.02. The summed E-state index contributed by atoms with van der Waals surface area (Å²) in [6, 6.07) is 5.13. The van der Waals surface area contributed by atoms with Crippen molar-refractivity contribution in [2.24, 2.45) is 5.41 Å². The molecule has 0 aliphatic heterocycles. The summed E-state index contributed by atoms with van der Waals surface area (Å²) in [6.07, 6.45) is 4.60. The minimum Gasteiger partial charge on any atom is -0.379 e. The van der Waals surface area contributed by atoms with Gasteiger partial charge in [0.1, 0.15) is 5.82 Å². The monoisotopic (exact) mass is 255 g/mol. The highest BCUT2D eigenvalue weighted by Crippen LogP contribution is 2.37. The number of benzene rings is 1. The first-order valence-corrected chi connectivity index (χ1v) is 6.56. The fraction of sp³-hybridized carbons (Fsp3) is 0.571. The van der Waals surface area contributed by atoms with Crippen molar-refractivity contribution in [2.75, 3.05) is 5.32 Å². The van der Waals surface area contributed by atoms with E-state index in [4.69, 9.17) is 11.6 Å². The van der Waals surface area contributed by atoms with Crippen LogP contribution in [0.25, 0.3) is 0 Å². The van der Waals surface area contributed by atoms with E-state index in [1.54, 1.807) is 12.1 Å². The van der Waals surface area contributed by atoms with Crippen molar-refractivity contribution in [3.05, 3.63) is 29.0 Å². The van der Waals surface area contributed by atoms with Gasteiger partial charge < -0.3 is 5.32 Å². The summed E-state index contributed by atoms with van der Waals surface area (Å²) < 4.78 is 13.7. The van der Waals surface area contributed by atoms with E-state index in [0.29, 0.717) is 22.2 Å². The lowest BCUT2D eigenvalue weighted by atomic mass is 9.75. The molecule has 1 aliphatic rings. The van der Waals surface area contributed by atoms with Gasteiger partial charge in [0, 0.05) is 6.04 Å². The lowest BCUT2D eigenvalue weighted by molar-refractivity contribution is 0.229. The molecule has 1 aliphatic carbocycles. The minimum atomic E-state index is -0.263. The number of rotatable bonds is 2. The number of hydrogen-bond acceptors (Lipinski definition) is 1. The van der Waals surface area contributed by atoms with E-state index in [1.807, 2.05) is 0 Å². The Morgan fingerprint density at radius 1 is 1.41 bits per heavy atom. The molecular formula is C14H19ClFN. The van der Waals surface area contributed by atoms with Crippen molar-refractivity contribution in [1.29, 1.82) is 0 Å². The molecule has 0 aromatic heterocycles. The van der Waals surface area contributed by atoms with Crippen LogP contribution in [0, 0.1) is 11.2 Å². The third kappa shape index (κ3) is 3.12. The molecule has 1 unspecified atom stereocenters. The highest BCUT2D eigenvalue weighted by atomic mass is 35.5. The lowest BCUT2D eigenvalue weighted by Crippen LogP contribution is -2.32. The van der Waals surface area contributed by atoms with Gasteiger partial charge in [-0.15, -0.1) is 0 Å². The SMILES string of the molecule is CC1(C)CCCC(Nc2c(F)cccc2Cl)C1. The molecule has 0 spiro atoms. The van der Waals surface area contributed by atoms with Crippen molar-refractivity contribution in [3.8, 4) is 0 Å². The van der Waals surface area contributed by atoms with E-state index in [2.05, 4.69) is 19.2 Å². The van der Waals surface area contributed by atoms with Crippen molar-refractivity contribution >= 4 is 17.3 Å². The Labute approximate surface area is 107 Å². The largest absolute Gasteiger partial charge is 0.379 e. The Bertz CT molecular complexity index is 383. The fourth-order valence-corrected chi connectivity index (χ4v) is 2.88. The van der Waals surface area contributed by atoms with Gasteiger partial charge in [-0.1, -0.05) is 37.9 Å². The molecule has 94 valence electrons. The predicted molar refractivity (Wildman–Crippen MR) is 71.1 cm³/mol. The van der Waals surface area contributed by atoms with Crippen LogP contribution >= 0.6 is 11.6 Å². The molecule has 0 radical (unpaired) electrons. The molecule has 1 atom stereocenters. The summed E-state index contributed by atoms with van der Waals surface area (Å²) in [5, 5.41) is 3.73. The van der Waals surface area contributed by atoms with Crippen LogP contribution in [0.15, 0.2) is 18.2 Å². The van der Waals surface area contributed by atoms with Gasteiger partial charge in [-0.2, -0.15) is 0 Å². The number of nitrogens with one attached hydrogen (secondary N) is 1.